The summed E-state index contributed by atoms with van der Waals surface area (Å²) >= 11 is 0. The van der Waals surface area contributed by atoms with E-state index in [4.69, 9.17) is 5.73 Å². The molecule has 102 valence electrons. The molecule has 1 heterocycles. The predicted molar refractivity (Wildman–Crippen MR) is 76.6 cm³/mol. The van der Waals surface area contributed by atoms with Crippen molar-refractivity contribution in [2.24, 2.45) is 23.0 Å². The first-order chi connectivity index (χ1) is 7.61. The van der Waals surface area contributed by atoms with E-state index in [0.717, 1.165) is 18.4 Å². The Morgan fingerprint density at radius 2 is 2.12 bits per heavy atom. The molecule has 0 spiro atoms. The lowest BCUT2D eigenvalue weighted by atomic mass is 9.82. The Hall–Kier alpha value is 0.210. The molecule has 2 N–H and O–H groups in total. The second-order valence-corrected chi connectivity index (χ2v) is 6.64. The molecule has 3 atom stereocenters. The van der Waals surface area contributed by atoms with Crippen LogP contribution in [0.1, 0.15) is 46.0 Å². The first-order valence-electron chi connectivity index (χ1n) is 7.04. The van der Waals surface area contributed by atoms with Crippen LogP contribution in [0, 0.1) is 17.3 Å². The third-order valence-corrected chi connectivity index (χ3v) is 4.69. The Labute approximate surface area is 113 Å². The lowest BCUT2D eigenvalue weighted by molar-refractivity contribution is 0.190. The third-order valence-electron chi connectivity index (χ3n) is 4.69. The smallest absolute Gasteiger partial charge is 0.00480 e. The van der Waals surface area contributed by atoms with Crippen LogP contribution in [0.5, 0.6) is 0 Å². The van der Waals surface area contributed by atoms with Gasteiger partial charge >= 0.3 is 0 Å². The van der Waals surface area contributed by atoms with Gasteiger partial charge in [-0.2, -0.15) is 0 Å². The second-order valence-electron chi connectivity index (χ2n) is 6.64. The van der Waals surface area contributed by atoms with Crippen molar-refractivity contribution in [1.29, 1.82) is 0 Å². The van der Waals surface area contributed by atoms with Gasteiger partial charge in [-0.15, -0.1) is 12.4 Å². The Kier molecular flexibility index (Phi) is 5.75. The van der Waals surface area contributed by atoms with Crippen molar-refractivity contribution in [3.8, 4) is 0 Å². The van der Waals surface area contributed by atoms with Crippen LogP contribution in [-0.4, -0.2) is 31.1 Å². The van der Waals surface area contributed by atoms with E-state index in [1.54, 1.807) is 0 Å². The van der Waals surface area contributed by atoms with Crippen molar-refractivity contribution in [3.05, 3.63) is 0 Å². The number of likely N-dealkylation sites (tertiary alicyclic amines) is 1. The summed E-state index contributed by atoms with van der Waals surface area (Å²) in [6.45, 7) is 9.45. The van der Waals surface area contributed by atoms with Gasteiger partial charge in [-0.05, 0) is 49.6 Å². The molecule has 3 heteroatoms. The Bertz CT molecular complexity index is 234. The van der Waals surface area contributed by atoms with Crippen LogP contribution >= 0.6 is 12.4 Å². The standard InChI is InChI=1S/C14H28N2.ClH/c1-12-4-3-5-13(8-12)9-16-7-6-14(2,10-15)11-16;/h12-13H,3-11,15H2,1-2H3;1H. The molecule has 2 nitrogen and oxygen atoms in total. The normalized spacial score (nSPS) is 39.0. The van der Waals surface area contributed by atoms with Gasteiger partial charge in [0.1, 0.15) is 0 Å². The summed E-state index contributed by atoms with van der Waals surface area (Å²) in [7, 11) is 0. The molecule has 0 radical (unpaired) electrons. The van der Waals surface area contributed by atoms with Crippen LogP contribution in [-0.2, 0) is 0 Å². The minimum Gasteiger partial charge on any atom is -0.330 e. The van der Waals surface area contributed by atoms with E-state index in [2.05, 4.69) is 18.7 Å². The molecule has 2 rings (SSSR count). The lowest BCUT2D eigenvalue weighted by Gasteiger charge is -2.31. The Balaban J connectivity index is 0.00000144. The lowest BCUT2D eigenvalue weighted by Crippen LogP contribution is -2.34. The van der Waals surface area contributed by atoms with E-state index < -0.39 is 0 Å². The first kappa shape index (κ1) is 15.3. The summed E-state index contributed by atoms with van der Waals surface area (Å²) in [5.41, 5.74) is 6.26. The van der Waals surface area contributed by atoms with Gasteiger partial charge in [0.05, 0.1) is 0 Å². The van der Waals surface area contributed by atoms with Crippen LogP contribution in [0.25, 0.3) is 0 Å². The van der Waals surface area contributed by atoms with Crippen molar-refractivity contribution in [2.75, 3.05) is 26.2 Å². The number of hydrogen-bond donors (Lipinski definition) is 1. The number of hydrogen-bond acceptors (Lipinski definition) is 2. The molecule has 1 saturated carbocycles. The molecule has 1 aliphatic heterocycles. The molecule has 3 unspecified atom stereocenters. The number of rotatable bonds is 3. The van der Waals surface area contributed by atoms with Gasteiger partial charge in [0, 0.05) is 13.1 Å². The van der Waals surface area contributed by atoms with Crippen molar-refractivity contribution >= 4 is 12.4 Å². The SMILES string of the molecule is CC1CCCC(CN2CCC(C)(CN)C2)C1.Cl. The molecular weight excluding hydrogens is 232 g/mol. The van der Waals surface area contributed by atoms with E-state index in [1.165, 1.54) is 51.7 Å². The largest absolute Gasteiger partial charge is 0.330 e. The topological polar surface area (TPSA) is 29.3 Å². The highest BCUT2D eigenvalue weighted by atomic mass is 35.5. The monoisotopic (exact) mass is 260 g/mol. The molecule has 0 aromatic carbocycles. The highest BCUT2D eigenvalue weighted by Gasteiger charge is 2.33. The maximum atomic E-state index is 5.86. The zero-order valence-corrected chi connectivity index (χ0v) is 12.3. The maximum absolute atomic E-state index is 5.86. The fraction of sp³-hybridized carbons (Fsp3) is 1.00. The van der Waals surface area contributed by atoms with Crippen LogP contribution in [0.4, 0.5) is 0 Å². The molecule has 17 heavy (non-hydrogen) atoms. The summed E-state index contributed by atoms with van der Waals surface area (Å²) in [6, 6.07) is 0. The molecule has 0 bridgehead atoms. The molecule has 0 amide bonds. The van der Waals surface area contributed by atoms with Gasteiger partial charge < -0.3 is 10.6 Å². The Morgan fingerprint density at radius 1 is 1.35 bits per heavy atom. The predicted octanol–water partition coefficient (Wildman–Crippen LogP) is 2.91. The van der Waals surface area contributed by atoms with Crippen molar-refractivity contribution in [3.63, 3.8) is 0 Å². The average Bonchev–Trinajstić information content (AvgIpc) is 2.61. The van der Waals surface area contributed by atoms with E-state index in [9.17, 15) is 0 Å². The van der Waals surface area contributed by atoms with Gasteiger partial charge in [0.25, 0.3) is 0 Å². The highest BCUT2D eigenvalue weighted by molar-refractivity contribution is 5.85. The van der Waals surface area contributed by atoms with Gasteiger partial charge in [-0.1, -0.05) is 26.7 Å². The summed E-state index contributed by atoms with van der Waals surface area (Å²) in [5.74, 6) is 1.92. The molecular formula is C14H29ClN2. The number of nitrogens with two attached hydrogens (primary N) is 1. The molecule has 1 aliphatic carbocycles. The van der Waals surface area contributed by atoms with Crippen LogP contribution in [0.15, 0.2) is 0 Å². The summed E-state index contributed by atoms with van der Waals surface area (Å²) in [6.07, 6.45) is 7.12. The quantitative estimate of drug-likeness (QED) is 0.846. The van der Waals surface area contributed by atoms with E-state index in [0.29, 0.717) is 5.41 Å². The van der Waals surface area contributed by atoms with Gasteiger partial charge in [-0.25, -0.2) is 0 Å². The highest BCUT2D eigenvalue weighted by Crippen LogP contribution is 2.33. The zero-order chi connectivity index (χ0) is 11.6. The summed E-state index contributed by atoms with van der Waals surface area (Å²) in [4.78, 5) is 2.66. The average molecular weight is 261 g/mol. The van der Waals surface area contributed by atoms with Crippen LogP contribution in [0.2, 0.25) is 0 Å². The van der Waals surface area contributed by atoms with Crippen LogP contribution < -0.4 is 5.73 Å². The molecule has 0 aromatic heterocycles. The number of halogens is 1. The van der Waals surface area contributed by atoms with E-state index in [-0.39, 0.29) is 12.4 Å². The van der Waals surface area contributed by atoms with Crippen molar-refractivity contribution < 1.29 is 0 Å². The van der Waals surface area contributed by atoms with Gasteiger partial charge in [-0.3, -0.25) is 0 Å². The van der Waals surface area contributed by atoms with Crippen molar-refractivity contribution in [1.82, 2.24) is 4.90 Å². The Morgan fingerprint density at radius 3 is 2.71 bits per heavy atom. The molecule has 1 saturated heterocycles. The zero-order valence-electron chi connectivity index (χ0n) is 11.5. The fourth-order valence-corrected chi connectivity index (χ4v) is 3.54. The minimum atomic E-state index is 0. The van der Waals surface area contributed by atoms with Gasteiger partial charge in [0.15, 0.2) is 0 Å². The van der Waals surface area contributed by atoms with E-state index >= 15 is 0 Å². The second kappa shape index (κ2) is 6.40. The van der Waals surface area contributed by atoms with Gasteiger partial charge in [0.2, 0.25) is 0 Å². The molecule has 2 aliphatic rings. The molecule has 0 aromatic rings. The molecule has 2 fully saturated rings. The third kappa shape index (κ3) is 4.11. The first-order valence-corrected chi connectivity index (χ1v) is 7.04. The van der Waals surface area contributed by atoms with Crippen LogP contribution in [0.3, 0.4) is 0 Å². The number of nitrogens with zero attached hydrogens (tertiary/aromatic N) is 1. The minimum absolute atomic E-state index is 0. The van der Waals surface area contributed by atoms with E-state index in [1.807, 2.05) is 0 Å². The fourth-order valence-electron chi connectivity index (χ4n) is 3.54. The summed E-state index contributed by atoms with van der Waals surface area (Å²) in [5, 5.41) is 0. The van der Waals surface area contributed by atoms with Crippen molar-refractivity contribution in [2.45, 2.75) is 46.0 Å². The summed E-state index contributed by atoms with van der Waals surface area (Å²) < 4.78 is 0. The maximum Gasteiger partial charge on any atom is 0.00480 e.